The van der Waals surface area contributed by atoms with E-state index in [0.29, 0.717) is 6.04 Å². The Morgan fingerprint density at radius 2 is 1.57 bits per heavy atom. The summed E-state index contributed by atoms with van der Waals surface area (Å²) in [6.07, 6.45) is 1.04. The number of thiophene rings is 1. The van der Waals surface area contributed by atoms with Crippen LogP contribution in [0.2, 0.25) is 0 Å². The summed E-state index contributed by atoms with van der Waals surface area (Å²) in [5.74, 6) is 0. The average molecular weight is 291 g/mol. The third-order valence-corrected chi connectivity index (χ3v) is 4.94. The highest BCUT2D eigenvalue weighted by Gasteiger charge is 2.24. The molecule has 0 amide bonds. The van der Waals surface area contributed by atoms with E-state index >= 15 is 0 Å². The minimum atomic E-state index is 0.297. The monoisotopic (exact) mass is 291 g/mol. The predicted octanol–water partition coefficient (Wildman–Crippen LogP) is 4.53. The summed E-state index contributed by atoms with van der Waals surface area (Å²) in [5.41, 5.74) is 7.09. The van der Waals surface area contributed by atoms with E-state index in [9.17, 15) is 0 Å². The Morgan fingerprint density at radius 3 is 2.19 bits per heavy atom. The van der Waals surface area contributed by atoms with E-state index in [0.717, 1.165) is 13.0 Å². The maximum Gasteiger partial charge on any atom is 0.0584 e. The molecule has 0 atom stereocenters. The molecule has 1 N–H and O–H groups in total. The van der Waals surface area contributed by atoms with E-state index in [-0.39, 0.29) is 0 Å². The predicted molar refractivity (Wildman–Crippen MR) is 88.7 cm³/mol. The van der Waals surface area contributed by atoms with Crippen molar-refractivity contribution in [1.82, 2.24) is 5.32 Å². The summed E-state index contributed by atoms with van der Waals surface area (Å²) in [4.78, 5) is 0. The van der Waals surface area contributed by atoms with Crippen LogP contribution in [0.15, 0.2) is 65.4 Å². The van der Waals surface area contributed by atoms with E-state index < -0.39 is 0 Å². The van der Waals surface area contributed by atoms with Crippen LogP contribution in [0.4, 0.5) is 0 Å². The lowest BCUT2D eigenvalue weighted by atomic mass is 9.82. The lowest BCUT2D eigenvalue weighted by Crippen LogP contribution is -2.26. The van der Waals surface area contributed by atoms with Gasteiger partial charge in [-0.15, -0.1) is 0 Å². The van der Waals surface area contributed by atoms with Crippen LogP contribution in [0, 0.1) is 0 Å². The maximum absolute atomic E-state index is 3.74. The van der Waals surface area contributed by atoms with Crippen LogP contribution in [0.1, 0.15) is 33.9 Å². The molecule has 1 aliphatic rings. The third kappa shape index (κ3) is 2.41. The van der Waals surface area contributed by atoms with Crippen molar-refractivity contribution in [3.05, 3.63) is 93.2 Å². The van der Waals surface area contributed by atoms with Gasteiger partial charge >= 0.3 is 0 Å². The van der Waals surface area contributed by atoms with Crippen molar-refractivity contribution in [3.8, 4) is 0 Å². The number of rotatable bonds is 3. The zero-order valence-corrected chi connectivity index (χ0v) is 12.6. The zero-order valence-electron chi connectivity index (χ0n) is 11.8. The minimum absolute atomic E-state index is 0.297. The maximum atomic E-state index is 3.74. The van der Waals surface area contributed by atoms with Gasteiger partial charge in [-0.2, -0.15) is 11.3 Å². The number of nitrogens with one attached hydrogen (secondary N) is 1. The van der Waals surface area contributed by atoms with E-state index in [1.165, 1.54) is 27.8 Å². The Morgan fingerprint density at radius 1 is 0.905 bits per heavy atom. The van der Waals surface area contributed by atoms with Crippen LogP contribution in [0.25, 0.3) is 0 Å². The van der Waals surface area contributed by atoms with Gasteiger partial charge in [0.25, 0.3) is 0 Å². The lowest BCUT2D eigenvalue weighted by molar-refractivity contribution is 0.589. The molecule has 0 unspecified atom stereocenters. The molecule has 104 valence electrons. The summed E-state index contributed by atoms with van der Waals surface area (Å²) < 4.78 is 0. The highest BCUT2D eigenvalue weighted by atomic mass is 32.1. The fourth-order valence-corrected chi connectivity index (χ4v) is 3.83. The third-order valence-electron chi connectivity index (χ3n) is 4.20. The summed E-state index contributed by atoms with van der Waals surface area (Å²) in [5, 5.41) is 8.10. The van der Waals surface area contributed by atoms with Gasteiger partial charge in [0.05, 0.1) is 6.04 Å². The molecule has 2 heteroatoms. The van der Waals surface area contributed by atoms with Crippen molar-refractivity contribution >= 4 is 11.3 Å². The van der Waals surface area contributed by atoms with Crippen molar-refractivity contribution in [1.29, 1.82) is 0 Å². The molecular formula is C19H17NS. The fourth-order valence-electron chi connectivity index (χ4n) is 3.16. The van der Waals surface area contributed by atoms with Crippen molar-refractivity contribution in [2.24, 2.45) is 0 Å². The summed E-state index contributed by atoms with van der Waals surface area (Å²) >= 11 is 1.76. The van der Waals surface area contributed by atoms with E-state index in [1.54, 1.807) is 11.3 Å². The van der Waals surface area contributed by atoms with Gasteiger partial charge in [-0.1, -0.05) is 48.5 Å². The van der Waals surface area contributed by atoms with Gasteiger partial charge in [0, 0.05) is 6.54 Å². The Labute approximate surface area is 129 Å². The lowest BCUT2D eigenvalue weighted by Gasteiger charge is -2.29. The molecule has 3 aromatic rings. The highest BCUT2D eigenvalue weighted by molar-refractivity contribution is 7.07. The molecule has 2 aromatic carbocycles. The first-order chi connectivity index (χ1) is 10.4. The Balaban J connectivity index is 1.71. The topological polar surface area (TPSA) is 12.0 Å². The fraction of sp³-hybridized carbons (Fsp3) is 0.158. The smallest absolute Gasteiger partial charge is 0.0584 e. The number of fused-ring (bicyclic) bond motifs is 2. The molecule has 21 heavy (non-hydrogen) atoms. The summed E-state index contributed by atoms with van der Waals surface area (Å²) in [6.45, 7) is 0.914. The molecule has 0 bridgehead atoms. The van der Waals surface area contributed by atoms with Crippen molar-refractivity contribution < 1.29 is 0 Å². The average Bonchev–Trinajstić information content (AvgIpc) is 3.05. The van der Waals surface area contributed by atoms with E-state index in [2.05, 4.69) is 70.7 Å². The van der Waals surface area contributed by atoms with E-state index in [1.807, 2.05) is 0 Å². The number of hydrogen-bond acceptors (Lipinski definition) is 2. The quantitative estimate of drug-likeness (QED) is 0.747. The second-order valence-electron chi connectivity index (χ2n) is 5.52. The first-order valence-corrected chi connectivity index (χ1v) is 8.26. The molecule has 0 saturated carbocycles. The Bertz CT molecular complexity index is 700. The van der Waals surface area contributed by atoms with Gasteiger partial charge in [-0.3, -0.25) is 0 Å². The Hall–Kier alpha value is -1.90. The van der Waals surface area contributed by atoms with Gasteiger partial charge < -0.3 is 5.32 Å². The SMILES string of the molecule is c1ccc2c(c1)Cc1ccccc1C2NCc1ccsc1. The zero-order chi connectivity index (χ0) is 14.1. The molecule has 0 radical (unpaired) electrons. The number of hydrogen-bond donors (Lipinski definition) is 1. The molecule has 0 spiro atoms. The Kier molecular flexibility index (Phi) is 3.34. The molecule has 1 aliphatic carbocycles. The van der Waals surface area contributed by atoms with Crippen LogP contribution in [0.5, 0.6) is 0 Å². The highest BCUT2D eigenvalue weighted by Crippen LogP contribution is 2.34. The molecular weight excluding hydrogens is 274 g/mol. The molecule has 1 heterocycles. The van der Waals surface area contributed by atoms with Crippen molar-refractivity contribution in [2.45, 2.75) is 19.0 Å². The molecule has 0 saturated heterocycles. The van der Waals surface area contributed by atoms with Gasteiger partial charge in [0.2, 0.25) is 0 Å². The van der Waals surface area contributed by atoms with Crippen LogP contribution in [-0.4, -0.2) is 0 Å². The van der Waals surface area contributed by atoms with Crippen molar-refractivity contribution in [2.75, 3.05) is 0 Å². The van der Waals surface area contributed by atoms with Gasteiger partial charge in [0.1, 0.15) is 0 Å². The van der Waals surface area contributed by atoms with Crippen LogP contribution in [-0.2, 0) is 13.0 Å². The second kappa shape index (κ2) is 5.47. The van der Waals surface area contributed by atoms with Gasteiger partial charge in [0.15, 0.2) is 0 Å². The summed E-state index contributed by atoms with van der Waals surface area (Å²) in [7, 11) is 0. The van der Waals surface area contributed by atoms with Gasteiger partial charge in [-0.25, -0.2) is 0 Å². The first-order valence-electron chi connectivity index (χ1n) is 7.32. The molecule has 1 nitrogen and oxygen atoms in total. The molecule has 1 aromatic heterocycles. The summed E-state index contributed by atoms with van der Waals surface area (Å²) in [6, 6.07) is 20.1. The molecule has 4 rings (SSSR count). The second-order valence-corrected chi connectivity index (χ2v) is 6.30. The normalized spacial score (nSPS) is 13.7. The van der Waals surface area contributed by atoms with E-state index in [4.69, 9.17) is 0 Å². The largest absolute Gasteiger partial charge is 0.302 e. The van der Waals surface area contributed by atoms with Crippen LogP contribution < -0.4 is 5.32 Å². The van der Waals surface area contributed by atoms with Crippen LogP contribution in [0.3, 0.4) is 0 Å². The van der Waals surface area contributed by atoms with Crippen LogP contribution >= 0.6 is 11.3 Å². The minimum Gasteiger partial charge on any atom is -0.302 e. The molecule has 0 aliphatic heterocycles. The first kappa shape index (κ1) is 12.8. The number of benzene rings is 2. The van der Waals surface area contributed by atoms with Gasteiger partial charge in [-0.05, 0) is 51.1 Å². The van der Waals surface area contributed by atoms with Crippen molar-refractivity contribution in [3.63, 3.8) is 0 Å². The molecule has 0 fully saturated rings. The standard InChI is InChI=1S/C19H17NS/c1-3-7-17-15(5-1)11-16-6-2-4-8-18(16)19(17)20-12-14-9-10-21-13-14/h1-10,13,19-20H,11-12H2.